The van der Waals surface area contributed by atoms with Crippen LogP contribution in [-0.4, -0.2) is 12.1 Å². The van der Waals surface area contributed by atoms with E-state index in [2.05, 4.69) is 4.98 Å². The summed E-state index contributed by atoms with van der Waals surface area (Å²) in [6.45, 7) is 1.74. The third-order valence-electron chi connectivity index (χ3n) is 2.66. The minimum Gasteiger partial charge on any atom is -0.494 e. The minimum atomic E-state index is -0.334. The molecule has 0 saturated carbocycles. The monoisotopic (exact) mass is 248 g/mol. The van der Waals surface area contributed by atoms with Crippen LogP contribution in [-0.2, 0) is 0 Å². The predicted octanol–water partition coefficient (Wildman–Crippen LogP) is 2.37. The van der Waals surface area contributed by atoms with Gasteiger partial charge in [0.25, 0.3) is 0 Å². The summed E-state index contributed by atoms with van der Waals surface area (Å²) >= 11 is 6.02. The third-order valence-corrected chi connectivity index (χ3v) is 3.05. The van der Waals surface area contributed by atoms with E-state index in [1.165, 1.54) is 13.3 Å². The van der Waals surface area contributed by atoms with E-state index in [1.54, 1.807) is 13.0 Å². The van der Waals surface area contributed by atoms with Gasteiger partial charge in [0.2, 0.25) is 5.43 Å². The Morgan fingerprint density at radius 3 is 2.82 bits per heavy atom. The molecule has 0 fully saturated rings. The number of aryl methyl sites for hydroxylation is 1. The molecule has 4 nitrogen and oxygen atoms in total. The number of nitriles is 1. The molecule has 86 valence electrons. The maximum Gasteiger partial charge on any atom is 0.207 e. The van der Waals surface area contributed by atoms with Gasteiger partial charge in [-0.2, -0.15) is 5.26 Å². The van der Waals surface area contributed by atoms with E-state index in [1.807, 2.05) is 6.07 Å². The van der Waals surface area contributed by atoms with Crippen molar-refractivity contribution in [2.24, 2.45) is 0 Å². The van der Waals surface area contributed by atoms with Crippen LogP contribution in [0.3, 0.4) is 0 Å². The Labute approximate surface area is 102 Å². The molecule has 0 radical (unpaired) electrons. The van der Waals surface area contributed by atoms with Gasteiger partial charge in [0, 0.05) is 17.3 Å². The number of fused-ring (bicyclic) bond motifs is 1. The first kappa shape index (κ1) is 11.5. The molecule has 0 aliphatic rings. The molecule has 1 N–H and O–H groups in total. The van der Waals surface area contributed by atoms with Gasteiger partial charge in [-0.05, 0) is 12.5 Å². The molecule has 0 atom stereocenters. The van der Waals surface area contributed by atoms with Crippen LogP contribution in [0.2, 0.25) is 5.02 Å². The highest BCUT2D eigenvalue weighted by Crippen LogP contribution is 2.30. The maximum atomic E-state index is 12.0. The number of aromatic nitrogens is 1. The quantitative estimate of drug-likeness (QED) is 0.843. The van der Waals surface area contributed by atoms with Gasteiger partial charge in [-0.15, -0.1) is 0 Å². The average Bonchev–Trinajstić information content (AvgIpc) is 2.33. The summed E-state index contributed by atoms with van der Waals surface area (Å²) in [6, 6.07) is 3.48. The molecule has 0 amide bonds. The second-order valence-electron chi connectivity index (χ2n) is 3.58. The first-order valence-corrected chi connectivity index (χ1v) is 5.26. The van der Waals surface area contributed by atoms with Crippen molar-refractivity contribution in [3.63, 3.8) is 0 Å². The lowest BCUT2D eigenvalue weighted by Gasteiger charge is -2.09. The van der Waals surface area contributed by atoms with Gasteiger partial charge >= 0.3 is 0 Å². The number of pyridine rings is 1. The van der Waals surface area contributed by atoms with Crippen molar-refractivity contribution in [1.82, 2.24) is 4.98 Å². The van der Waals surface area contributed by atoms with E-state index in [9.17, 15) is 4.79 Å². The average molecular weight is 249 g/mol. The predicted molar refractivity (Wildman–Crippen MR) is 65.6 cm³/mol. The second kappa shape index (κ2) is 4.11. The number of ether oxygens (including phenoxy) is 1. The smallest absolute Gasteiger partial charge is 0.207 e. The summed E-state index contributed by atoms with van der Waals surface area (Å²) in [5.41, 5.74) is 0.920. The third kappa shape index (κ3) is 1.65. The topological polar surface area (TPSA) is 65.9 Å². The molecule has 0 spiro atoms. The van der Waals surface area contributed by atoms with E-state index < -0.39 is 0 Å². The number of rotatable bonds is 1. The van der Waals surface area contributed by atoms with E-state index in [-0.39, 0.29) is 11.0 Å². The highest BCUT2D eigenvalue weighted by molar-refractivity contribution is 6.32. The number of hydrogen-bond donors (Lipinski definition) is 1. The molecular weight excluding hydrogens is 240 g/mol. The highest BCUT2D eigenvalue weighted by atomic mass is 35.5. The molecule has 2 aromatic rings. The largest absolute Gasteiger partial charge is 0.494 e. The normalized spacial score (nSPS) is 10.2. The minimum absolute atomic E-state index is 0.0601. The molecular formula is C12H9ClN2O2. The van der Waals surface area contributed by atoms with E-state index in [0.717, 1.165) is 0 Å². The molecule has 1 aromatic carbocycles. The van der Waals surface area contributed by atoms with E-state index >= 15 is 0 Å². The van der Waals surface area contributed by atoms with Crippen molar-refractivity contribution in [2.75, 3.05) is 7.11 Å². The van der Waals surface area contributed by atoms with Crippen LogP contribution in [0, 0.1) is 18.3 Å². The molecule has 2 rings (SSSR count). The lowest BCUT2D eigenvalue weighted by molar-refractivity contribution is 0.419. The fourth-order valence-corrected chi connectivity index (χ4v) is 1.93. The van der Waals surface area contributed by atoms with Crippen molar-refractivity contribution < 1.29 is 4.74 Å². The van der Waals surface area contributed by atoms with Crippen molar-refractivity contribution in [3.8, 4) is 11.8 Å². The lowest BCUT2D eigenvalue weighted by Crippen LogP contribution is -2.09. The summed E-state index contributed by atoms with van der Waals surface area (Å²) in [5, 5.41) is 9.67. The van der Waals surface area contributed by atoms with E-state index in [0.29, 0.717) is 27.2 Å². The van der Waals surface area contributed by atoms with Gasteiger partial charge in [0.15, 0.2) is 0 Å². The Hall–Kier alpha value is -1.99. The summed E-state index contributed by atoms with van der Waals surface area (Å²) in [4.78, 5) is 14.9. The van der Waals surface area contributed by atoms with Crippen LogP contribution in [0.5, 0.6) is 5.75 Å². The number of H-pyrrole nitrogens is 1. The molecule has 5 heteroatoms. The van der Waals surface area contributed by atoms with Gasteiger partial charge in [-0.1, -0.05) is 11.6 Å². The molecule has 1 aromatic heterocycles. The first-order valence-electron chi connectivity index (χ1n) is 4.88. The van der Waals surface area contributed by atoms with Crippen LogP contribution in [0.15, 0.2) is 17.1 Å². The molecule has 0 saturated heterocycles. The van der Waals surface area contributed by atoms with E-state index in [4.69, 9.17) is 21.6 Å². The van der Waals surface area contributed by atoms with Crippen molar-refractivity contribution >= 4 is 22.5 Å². The van der Waals surface area contributed by atoms with Crippen LogP contribution >= 0.6 is 11.6 Å². The summed E-state index contributed by atoms with van der Waals surface area (Å²) in [7, 11) is 1.50. The highest BCUT2D eigenvalue weighted by Gasteiger charge is 2.14. The first-order chi connectivity index (χ1) is 8.10. The summed E-state index contributed by atoms with van der Waals surface area (Å²) in [5.74, 6) is 0.484. The summed E-state index contributed by atoms with van der Waals surface area (Å²) in [6.07, 6.45) is 1.38. The zero-order valence-corrected chi connectivity index (χ0v) is 10.1. The number of benzene rings is 1. The Morgan fingerprint density at radius 1 is 1.53 bits per heavy atom. The van der Waals surface area contributed by atoms with Gasteiger partial charge in [-0.3, -0.25) is 4.79 Å². The van der Waals surface area contributed by atoms with Crippen molar-refractivity contribution in [2.45, 2.75) is 6.92 Å². The number of hydrogen-bond acceptors (Lipinski definition) is 3. The van der Waals surface area contributed by atoms with Crippen LogP contribution in [0.1, 0.15) is 11.1 Å². The number of aromatic amines is 1. The zero-order chi connectivity index (χ0) is 12.6. The Kier molecular flexibility index (Phi) is 2.78. The van der Waals surface area contributed by atoms with Crippen LogP contribution in [0.4, 0.5) is 0 Å². The van der Waals surface area contributed by atoms with Gasteiger partial charge in [0.05, 0.1) is 18.0 Å². The fourth-order valence-electron chi connectivity index (χ4n) is 1.74. The lowest BCUT2D eigenvalue weighted by atomic mass is 10.1. The molecule has 17 heavy (non-hydrogen) atoms. The Morgan fingerprint density at radius 2 is 2.24 bits per heavy atom. The van der Waals surface area contributed by atoms with Crippen molar-refractivity contribution in [3.05, 3.63) is 38.6 Å². The van der Waals surface area contributed by atoms with Crippen LogP contribution in [0.25, 0.3) is 10.9 Å². The maximum absolute atomic E-state index is 12.0. The number of methoxy groups -OCH3 is 1. The fraction of sp³-hybridized carbons (Fsp3) is 0.167. The number of nitrogens with one attached hydrogen (secondary N) is 1. The summed E-state index contributed by atoms with van der Waals surface area (Å²) < 4.78 is 5.15. The SMILES string of the molecule is COc1cc(Cl)c(C)c2c(=O)c(C#N)c[nH]c12. The Balaban J connectivity index is 3.06. The van der Waals surface area contributed by atoms with Gasteiger partial charge < -0.3 is 9.72 Å². The molecule has 0 aliphatic heterocycles. The van der Waals surface area contributed by atoms with Gasteiger partial charge in [-0.25, -0.2) is 0 Å². The molecule has 0 unspecified atom stereocenters. The number of halogens is 1. The standard InChI is InChI=1S/C12H9ClN2O2/c1-6-8(13)3-9(17-2)11-10(6)12(16)7(4-14)5-15-11/h3,5H,1-2H3,(H,15,16). The molecule has 0 aliphatic carbocycles. The second-order valence-corrected chi connectivity index (χ2v) is 3.99. The zero-order valence-electron chi connectivity index (χ0n) is 9.30. The van der Waals surface area contributed by atoms with Gasteiger partial charge in [0.1, 0.15) is 17.4 Å². The molecule has 1 heterocycles. The van der Waals surface area contributed by atoms with Crippen molar-refractivity contribution in [1.29, 1.82) is 5.26 Å². The number of nitrogens with zero attached hydrogens (tertiary/aromatic N) is 1. The van der Waals surface area contributed by atoms with Crippen LogP contribution < -0.4 is 10.2 Å². The molecule has 0 bridgehead atoms. The Bertz CT molecular complexity index is 698.